The van der Waals surface area contributed by atoms with Crippen LogP contribution in [0, 0.1) is 40.9 Å². The van der Waals surface area contributed by atoms with Crippen molar-refractivity contribution in [3.8, 4) is 0 Å². The van der Waals surface area contributed by atoms with Crippen molar-refractivity contribution in [3.05, 3.63) is 0 Å². The maximum absolute atomic E-state index is 11.8. The smallest absolute Gasteiger partial charge is 0.133 e. The lowest BCUT2D eigenvalue weighted by atomic mass is 9.49. The van der Waals surface area contributed by atoms with E-state index in [0.29, 0.717) is 23.0 Å². The van der Waals surface area contributed by atoms with Gasteiger partial charge in [0.25, 0.3) is 0 Å². The Labute approximate surface area is 148 Å². The molecule has 24 heavy (non-hydrogen) atoms. The Kier molecular flexibility index (Phi) is 5.45. The summed E-state index contributed by atoms with van der Waals surface area (Å²) in [5.41, 5.74) is 0.382. The molecule has 0 aromatic rings. The molecule has 138 valence electrons. The summed E-state index contributed by atoms with van der Waals surface area (Å²) in [7, 11) is 0. The van der Waals surface area contributed by atoms with Gasteiger partial charge in [0.2, 0.25) is 0 Å². The van der Waals surface area contributed by atoms with Crippen molar-refractivity contribution in [1.82, 2.24) is 0 Å². The van der Waals surface area contributed by atoms with Crippen molar-refractivity contribution in [2.45, 2.75) is 91.6 Å². The second-order valence-electron chi connectivity index (χ2n) is 9.19. The summed E-state index contributed by atoms with van der Waals surface area (Å²) >= 11 is 0. The summed E-state index contributed by atoms with van der Waals surface area (Å²) in [6.45, 7) is 8.49. The van der Waals surface area contributed by atoms with Crippen LogP contribution in [0.25, 0.3) is 0 Å². The first-order valence-corrected chi connectivity index (χ1v) is 10.7. The van der Waals surface area contributed by atoms with Gasteiger partial charge in [-0.1, -0.05) is 20.8 Å². The van der Waals surface area contributed by atoms with Crippen LogP contribution in [0.15, 0.2) is 0 Å². The van der Waals surface area contributed by atoms with Crippen LogP contribution in [0.1, 0.15) is 85.5 Å². The summed E-state index contributed by atoms with van der Waals surface area (Å²) in [6, 6.07) is 0. The molecule has 4 saturated carbocycles. The molecular formula is C22H38O2. The molecular weight excluding hydrogens is 296 g/mol. The van der Waals surface area contributed by atoms with E-state index in [0.717, 1.165) is 36.5 Å². The van der Waals surface area contributed by atoms with Gasteiger partial charge in [0.05, 0.1) is 6.10 Å². The second kappa shape index (κ2) is 7.09. The largest absolute Gasteiger partial charge is 0.393 e. The van der Waals surface area contributed by atoms with Gasteiger partial charge in [0, 0.05) is 12.8 Å². The molecule has 8 atom stereocenters. The predicted molar refractivity (Wildman–Crippen MR) is 98.6 cm³/mol. The molecule has 1 N–H and O–H groups in total. The molecule has 8 unspecified atom stereocenters. The standard InChI is InChI=1S/C20H32O2.C2H6/c1-12(21)18-7-8-19-17-5-3-13-11-14(22)4-6-15(13)16(17)9-10-20(18,19)2;1-2/h12-13,15-19,21H,3-11H2,1-2H3;1-2H3. The topological polar surface area (TPSA) is 37.3 Å². The zero-order valence-electron chi connectivity index (χ0n) is 16.3. The van der Waals surface area contributed by atoms with Gasteiger partial charge in [-0.3, -0.25) is 4.79 Å². The maximum Gasteiger partial charge on any atom is 0.133 e. The summed E-state index contributed by atoms with van der Waals surface area (Å²) in [6.07, 6.45) is 10.6. The molecule has 0 aromatic carbocycles. The van der Waals surface area contributed by atoms with Crippen molar-refractivity contribution in [3.63, 3.8) is 0 Å². The van der Waals surface area contributed by atoms with Crippen LogP contribution in [-0.2, 0) is 4.79 Å². The van der Waals surface area contributed by atoms with E-state index in [4.69, 9.17) is 0 Å². The van der Waals surface area contributed by atoms with Crippen molar-refractivity contribution in [2.24, 2.45) is 40.9 Å². The Balaban J connectivity index is 0.000000815. The van der Waals surface area contributed by atoms with E-state index in [1.807, 2.05) is 20.8 Å². The average Bonchev–Trinajstić information content (AvgIpc) is 2.93. The molecule has 0 aromatic heterocycles. The van der Waals surface area contributed by atoms with E-state index >= 15 is 0 Å². The van der Waals surface area contributed by atoms with Gasteiger partial charge in [-0.15, -0.1) is 0 Å². The van der Waals surface area contributed by atoms with Gasteiger partial charge >= 0.3 is 0 Å². The molecule has 0 spiro atoms. The Hall–Kier alpha value is -0.370. The molecule has 4 fully saturated rings. The van der Waals surface area contributed by atoms with E-state index in [1.54, 1.807) is 0 Å². The zero-order valence-corrected chi connectivity index (χ0v) is 16.3. The third kappa shape index (κ3) is 2.87. The van der Waals surface area contributed by atoms with E-state index < -0.39 is 0 Å². The number of carbonyl (C=O) groups excluding carboxylic acids is 1. The molecule has 4 aliphatic carbocycles. The fraction of sp³-hybridized carbons (Fsp3) is 0.955. The van der Waals surface area contributed by atoms with Crippen molar-refractivity contribution >= 4 is 5.78 Å². The summed E-state index contributed by atoms with van der Waals surface area (Å²) < 4.78 is 0. The third-order valence-electron chi connectivity index (χ3n) is 8.42. The van der Waals surface area contributed by atoms with E-state index in [1.165, 1.54) is 44.9 Å². The van der Waals surface area contributed by atoms with Crippen molar-refractivity contribution < 1.29 is 9.90 Å². The first-order chi connectivity index (χ1) is 11.5. The van der Waals surface area contributed by atoms with Gasteiger partial charge in [-0.25, -0.2) is 0 Å². The average molecular weight is 335 g/mol. The van der Waals surface area contributed by atoms with Gasteiger partial charge < -0.3 is 5.11 Å². The quantitative estimate of drug-likeness (QED) is 0.713. The van der Waals surface area contributed by atoms with E-state index in [9.17, 15) is 9.90 Å². The molecule has 4 rings (SSSR count). The van der Waals surface area contributed by atoms with E-state index in [2.05, 4.69) is 6.92 Å². The normalized spacial score (nSPS) is 48.5. The van der Waals surface area contributed by atoms with Gasteiger partial charge in [-0.2, -0.15) is 0 Å². The Morgan fingerprint density at radius 1 is 1.00 bits per heavy atom. The minimum atomic E-state index is -0.143. The van der Waals surface area contributed by atoms with Crippen LogP contribution in [0.2, 0.25) is 0 Å². The number of hydrogen-bond donors (Lipinski definition) is 1. The number of aliphatic hydroxyl groups is 1. The van der Waals surface area contributed by atoms with Crippen LogP contribution >= 0.6 is 0 Å². The Morgan fingerprint density at radius 2 is 1.75 bits per heavy atom. The molecule has 4 aliphatic rings. The molecule has 2 heteroatoms. The fourth-order valence-electron chi connectivity index (χ4n) is 7.49. The van der Waals surface area contributed by atoms with Crippen LogP contribution in [0.4, 0.5) is 0 Å². The highest BCUT2D eigenvalue weighted by atomic mass is 16.3. The number of hydrogen-bond acceptors (Lipinski definition) is 2. The lowest BCUT2D eigenvalue weighted by Gasteiger charge is -2.55. The van der Waals surface area contributed by atoms with Crippen molar-refractivity contribution in [2.75, 3.05) is 0 Å². The Morgan fingerprint density at radius 3 is 2.46 bits per heavy atom. The summed E-state index contributed by atoms with van der Waals surface area (Å²) in [4.78, 5) is 11.8. The minimum absolute atomic E-state index is 0.143. The van der Waals surface area contributed by atoms with Crippen LogP contribution in [0.3, 0.4) is 0 Å². The molecule has 0 amide bonds. The third-order valence-corrected chi connectivity index (χ3v) is 8.42. The Bertz CT molecular complexity index is 457. The fourth-order valence-corrected chi connectivity index (χ4v) is 7.49. The van der Waals surface area contributed by atoms with Crippen LogP contribution in [0.5, 0.6) is 0 Å². The predicted octanol–water partition coefficient (Wildman–Crippen LogP) is 5.23. The highest BCUT2D eigenvalue weighted by molar-refractivity contribution is 5.79. The lowest BCUT2D eigenvalue weighted by Crippen LogP contribution is -2.49. The van der Waals surface area contributed by atoms with E-state index in [-0.39, 0.29) is 6.10 Å². The number of aliphatic hydroxyl groups excluding tert-OH is 1. The zero-order chi connectivity index (χ0) is 17.5. The highest BCUT2D eigenvalue weighted by Gasteiger charge is 2.57. The van der Waals surface area contributed by atoms with Gasteiger partial charge in [0.1, 0.15) is 5.78 Å². The minimum Gasteiger partial charge on any atom is -0.393 e. The van der Waals surface area contributed by atoms with Crippen LogP contribution < -0.4 is 0 Å². The highest BCUT2D eigenvalue weighted by Crippen LogP contribution is 2.64. The monoisotopic (exact) mass is 334 g/mol. The summed E-state index contributed by atoms with van der Waals surface area (Å²) in [5.74, 6) is 5.20. The van der Waals surface area contributed by atoms with Gasteiger partial charge in [-0.05, 0) is 92.8 Å². The number of Topliss-reactive ketones (excluding diaryl/α,β-unsaturated/α-hetero) is 1. The number of rotatable bonds is 1. The van der Waals surface area contributed by atoms with Crippen molar-refractivity contribution in [1.29, 1.82) is 0 Å². The second-order valence-corrected chi connectivity index (χ2v) is 9.19. The first kappa shape index (κ1) is 18.4. The molecule has 0 bridgehead atoms. The molecule has 0 heterocycles. The molecule has 0 aliphatic heterocycles. The SMILES string of the molecule is CC.CC(O)C1CCC2C3CCC4CC(=O)CCC4C3CCC12C. The molecule has 0 saturated heterocycles. The maximum atomic E-state index is 11.8. The number of fused-ring (bicyclic) bond motifs is 5. The summed E-state index contributed by atoms with van der Waals surface area (Å²) in [5, 5.41) is 10.2. The molecule has 2 nitrogen and oxygen atoms in total. The molecule has 0 radical (unpaired) electrons. The lowest BCUT2D eigenvalue weighted by molar-refractivity contribution is -0.128. The number of ketones is 1. The number of carbonyl (C=O) groups is 1. The van der Waals surface area contributed by atoms with Crippen LogP contribution in [-0.4, -0.2) is 17.0 Å². The first-order valence-electron chi connectivity index (χ1n) is 10.7. The van der Waals surface area contributed by atoms with Gasteiger partial charge in [0.15, 0.2) is 0 Å².